The van der Waals surface area contributed by atoms with Crippen molar-refractivity contribution in [2.75, 3.05) is 6.54 Å². The zero-order chi connectivity index (χ0) is 15.1. The first-order valence-corrected chi connectivity index (χ1v) is 7.47. The first kappa shape index (κ1) is 17.0. The SMILES string of the molecule is CC(C)CC(O)CNC(=O)C(C)Cc1ccccc1Cl. The van der Waals surface area contributed by atoms with Crippen LogP contribution < -0.4 is 5.32 Å². The van der Waals surface area contributed by atoms with Gasteiger partial charge in [0.2, 0.25) is 5.91 Å². The molecule has 0 aliphatic heterocycles. The Labute approximate surface area is 126 Å². The molecule has 0 bridgehead atoms. The van der Waals surface area contributed by atoms with Crippen molar-refractivity contribution in [2.24, 2.45) is 11.8 Å². The second-order valence-electron chi connectivity index (χ2n) is 5.73. The smallest absolute Gasteiger partial charge is 0.223 e. The largest absolute Gasteiger partial charge is 0.391 e. The number of benzene rings is 1. The predicted molar refractivity (Wildman–Crippen MR) is 82.8 cm³/mol. The molecule has 3 nitrogen and oxygen atoms in total. The highest BCUT2D eigenvalue weighted by Crippen LogP contribution is 2.18. The van der Waals surface area contributed by atoms with E-state index in [1.54, 1.807) is 0 Å². The molecule has 2 unspecified atom stereocenters. The van der Waals surface area contributed by atoms with Gasteiger partial charge in [-0.15, -0.1) is 0 Å². The Hall–Kier alpha value is -1.06. The fourth-order valence-electron chi connectivity index (χ4n) is 2.11. The van der Waals surface area contributed by atoms with Gasteiger partial charge in [-0.3, -0.25) is 4.79 Å². The number of hydrogen-bond donors (Lipinski definition) is 2. The Morgan fingerprint density at radius 2 is 1.95 bits per heavy atom. The summed E-state index contributed by atoms with van der Waals surface area (Å²) in [7, 11) is 0. The Balaban J connectivity index is 2.42. The Morgan fingerprint density at radius 3 is 2.55 bits per heavy atom. The molecule has 0 fully saturated rings. The van der Waals surface area contributed by atoms with Crippen molar-refractivity contribution in [2.45, 2.75) is 39.7 Å². The van der Waals surface area contributed by atoms with Crippen LogP contribution in [-0.4, -0.2) is 23.7 Å². The molecule has 0 radical (unpaired) electrons. The molecule has 1 aromatic rings. The average Bonchev–Trinajstić information content (AvgIpc) is 2.37. The number of amides is 1. The third kappa shape index (κ3) is 5.93. The maximum atomic E-state index is 12.0. The summed E-state index contributed by atoms with van der Waals surface area (Å²) in [5.74, 6) is 0.205. The number of carbonyl (C=O) groups is 1. The van der Waals surface area contributed by atoms with Gasteiger partial charge in [0.25, 0.3) is 0 Å². The van der Waals surface area contributed by atoms with Crippen LogP contribution in [0.2, 0.25) is 5.02 Å². The molecule has 0 spiro atoms. The summed E-state index contributed by atoms with van der Waals surface area (Å²) in [5.41, 5.74) is 0.972. The van der Waals surface area contributed by atoms with Crippen molar-refractivity contribution >= 4 is 17.5 Å². The van der Waals surface area contributed by atoms with E-state index < -0.39 is 6.10 Å². The highest BCUT2D eigenvalue weighted by Gasteiger charge is 2.16. The van der Waals surface area contributed by atoms with E-state index in [2.05, 4.69) is 5.32 Å². The van der Waals surface area contributed by atoms with Gasteiger partial charge in [-0.2, -0.15) is 0 Å². The lowest BCUT2D eigenvalue weighted by molar-refractivity contribution is -0.125. The number of halogens is 1. The van der Waals surface area contributed by atoms with Gasteiger partial charge in [0.15, 0.2) is 0 Å². The zero-order valence-electron chi connectivity index (χ0n) is 12.4. The van der Waals surface area contributed by atoms with Gasteiger partial charge < -0.3 is 10.4 Å². The van der Waals surface area contributed by atoms with Gasteiger partial charge in [-0.25, -0.2) is 0 Å². The Kier molecular flexibility index (Phi) is 7.03. The van der Waals surface area contributed by atoms with Crippen LogP contribution in [0.3, 0.4) is 0 Å². The standard InChI is InChI=1S/C16H24ClNO2/c1-11(2)8-14(19)10-18-16(20)12(3)9-13-6-4-5-7-15(13)17/h4-7,11-12,14,19H,8-10H2,1-3H3,(H,18,20). The molecule has 0 saturated carbocycles. The fraction of sp³-hybridized carbons (Fsp3) is 0.562. The second kappa shape index (κ2) is 8.28. The molecule has 112 valence electrons. The van der Waals surface area contributed by atoms with Crippen molar-refractivity contribution in [1.82, 2.24) is 5.32 Å². The lowest BCUT2D eigenvalue weighted by Crippen LogP contribution is -2.36. The van der Waals surface area contributed by atoms with Gasteiger partial charge in [0.1, 0.15) is 0 Å². The molecule has 0 aliphatic carbocycles. The minimum Gasteiger partial charge on any atom is -0.391 e. The third-order valence-electron chi connectivity index (χ3n) is 3.19. The number of nitrogens with one attached hydrogen (secondary N) is 1. The van der Waals surface area contributed by atoms with Gasteiger partial charge in [-0.05, 0) is 30.4 Å². The van der Waals surface area contributed by atoms with Crippen LogP contribution in [0.15, 0.2) is 24.3 Å². The first-order valence-electron chi connectivity index (χ1n) is 7.09. The predicted octanol–water partition coefficient (Wildman–Crippen LogP) is 3.04. The zero-order valence-corrected chi connectivity index (χ0v) is 13.2. The van der Waals surface area contributed by atoms with Crippen LogP contribution in [0.4, 0.5) is 0 Å². The maximum absolute atomic E-state index is 12.0. The Morgan fingerprint density at radius 1 is 1.30 bits per heavy atom. The van der Waals surface area contributed by atoms with Gasteiger partial charge in [0.05, 0.1) is 6.10 Å². The maximum Gasteiger partial charge on any atom is 0.223 e. The van der Waals surface area contributed by atoms with Gasteiger partial charge in [-0.1, -0.05) is 50.6 Å². The highest BCUT2D eigenvalue weighted by atomic mass is 35.5. The Bertz CT molecular complexity index is 434. The van der Waals surface area contributed by atoms with Crippen molar-refractivity contribution in [3.8, 4) is 0 Å². The molecule has 1 amide bonds. The summed E-state index contributed by atoms with van der Waals surface area (Å²) >= 11 is 6.09. The minimum atomic E-state index is -0.480. The van der Waals surface area contributed by atoms with E-state index in [0.717, 1.165) is 5.56 Å². The topological polar surface area (TPSA) is 49.3 Å². The van der Waals surface area contributed by atoms with Crippen LogP contribution in [0.25, 0.3) is 0 Å². The van der Waals surface area contributed by atoms with Gasteiger partial charge in [0, 0.05) is 17.5 Å². The third-order valence-corrected chi connectivity index (χ3v) is 3.56. The monoisotopic (exact) mass is 297 g/mol. The molecule has 4 heteroatoms. The summed E-state index contributed by atoms with van der Waals surface area (Å²) in [5, 5.41) is 13.2. The van der Waals surface area contributed by atoms with E-state index in [0.29, 0.717) is 30.3 Å². The highest BCUT2D eigenvalue weighted by molar-refractivity contribution is 6.31. The van der Waals surface area contributed by atoms with Crippen LogP contribution in [0.5, 0.6) is 0 Å². The van der Waals surface area contributed by atoms with Crippen molar-refractivity contribution in [3.63, 3.8) is 0 Å². The number of hydrogen-bond acceptors (Lipinski definition) is 2. The summed E-state index contributed by atoms with van der Waals surface area (Å²) < 4.78 is 0. The number of rotatable bonds is 7. The number of aliphatic hydroxyl groups excluding tert-OH is 1. The molecule has 0 aromatic heterocycles. The molecular weight excluding hydrogens is 274 g/mol. The average molecular weight is 298 g/mol. The molecule has 0 heterocycles. The van der Waals surface area contributed by atoms with Crippen LogP contribution in [0.1, 0.15) is 32.8 Å². The van der Waals surface area contributed by atoms with Crippen LogP contribution in [0, 0.1) is 11.8 Å². The van der Waals surface area contributed by atoms with E-state index in [1.165, 1.54) is 0 Å². The van der Waals surface area contributed by atoms with E-state index in [-0.39, 0.29) is 11.8 Å². The fourth-order valence-corrected chi connectivity index (χ4v) is 2.32. The summed E-state index contributed by atoms with van der Waals surface area (Å²) in [6.07, 6.45) is 0.816. The normalized spacial score (nSPS) is 14.1. The second-order valence-corrected chi connectivity index (χ2v) is 6.13. The summed E-state index contributed by atoms with van der Waals surface area (Å²) in [4.78, 5) is 12.0. The van der Waals surface area contributed by atoms with Crippen molar-refractivity contribution in [1.29, 1.82) is 0 Å². The molecule has 0 saturated heterocycles. The molecule has 2 atom stereocenters. The molecule has 1 aromatic carbocycles. The molecule has 2 N–H and O–H groups in total. The molecule has 20 heavy (non-hydrogen) atoms. The van der Waals surface area contributed by atoms with E-state index in [1.807, 2.05) is 45.0 Å². The van der Waals surface area contributed by atoms with Crippen molar-refractivity contribution < 1.29 is 9.90 Å². The molecular formula is C16H24ClNO2. The number of aliphatic hydroxyl groups is 1. The van der Waals surface area contributed by atoms with Gasteiger partial charge >= 0.3 is 0 Å². The quantitative estimate of drug-likeness (QED) is 0.813. The van der Waals surface area contributed by atoms with Crippen molar-refractivity contribution in [3.05, 3.63) is 34.9 Å². The van der Waals surface area contributed by atoms with E-state index in [9.17, 15) is 9.90 Å². The lowest BCUT2D eigenvalue weighted by Gasteiger charge is -2.17. The molecule has 1 rings (SSSR count). The van der Waals surface area contributed by atoms with Crippen LogP contribution >= 0.6 is 11.6 Å². The minimum absolute atomic E-state index is 0.0484. The molecule has 0 aliphatic rings. The van der Waals surface area contributed by atoms with E-state index in [4.69, 9.17) is 11.6 Å². The van der Waals surface area contributed by atoms with E-state index >= 15 is 0 Å². The summed E-state index contributed by atoms with van der Waals surface area (Å²) in [6.45, 7) is 6.27. The van der Waals surface area contributed by atoms with Crippen LogP contribution in [-0.2, 0) is 11.2 Å². The number of carbonyl (C=O) groups excluding carboxylic acids is 1. The first-order chi connectivity index (χ1) is 9.40. The lowest BCUT2D eigenvalue weighted by atomic mass is 10.00. The summed E-state index contributed by atoms with van der Waals surface area (Å²) in [6, 6.07) is 7.55.